The highest BCUT2D eigenvalue weighted by atomic mass is 16.4. The van der Waals surface area contributed by atoms with E-state index >= 15 is 0 Å². The maximum Gasteiger partial charge on any atom is 0.220 e. The average molecular weight is 321 g/mol. The zero-order valence-electron chi connectivity index (χ0n) is 15.0. The Labute approximate surface area is 139 Å². The van der Waals surface area contributed by atoms with Crippen molar-refractivity contribution < 1.29 is 9.21 Å². The molecular weight excluding hydrogens is 290 g/mol. The number of hydrogen-bond donors (Lipinski definition) is 0. The van der Waals surface area contributed by atoms with E-state index in [2.05, 4.69) is 28.9 Å². The van der Waals surface area contributed by atoms with Gasteiger partial charge in [0.1, 0.15) is 5.78 Å². The van der Waals surface area contributed by atoms with Crippen LogP contribution in [0.2, 0.25) is 0 Å². The van der Waals surface area contributed by atoms with Gasteiger partial charge in [0.15, 0.2) is 0 Å². The van der Waals surface area contributed by atoms with Crippen LogP contribution in [0.15, 0.2) is 4.42 Å². The summed E-state index contributed by atoms with van der Waals surface area (Å²) in [6, 6.07) is 0. The van der Waals surface area contributed by atoms with Crippen LogP contribution in [-0.2, 0) is 4.79 Å². The Morgan fingerprint density at radius 2 is 1.78 bits per heavy atom. The molecule has 0 amide bonds. The minimum absolute atomic E-state index is 0.0364. The summed E-state index contributed by atoms with van der Waals surface area (Å²) >= 11 is 0. The van der Waals surface area contributed by atoms with E-state index in [1.54, 1.807) is 0 Å². The Morgan fingerprint density at radius 3 is 2.35 bits per heavy atom. The first kappa shape index (κ1) is 18.1. The first-order chi connectivity index (χ1) is 11.0. The van der Waals surface area contributed by atoms with Crippen molar-refractivity contribution in [2.75, 3.05) is 19.6 Å². The predicted molar refractivity (Wildman–Crippen MR) is 90.5 cm³/mol. The van der Waals surface area contributed by atoms with E-state index in [-0.39, 0.29) is 11.8 Å². The molecule has 0 spiro atoms. The van der Waals surface area contributed by atoms with Crippen LogP contribution in [0.3, 0.4) is 0 Å². The van der Waals surface area contributed by atoms with Crippen molar-refractivity contribution in [2.45, 2.75) is 71.6 Å². The third-order valence-electron chi connectivity index (χ3n) is 4.65. The van der Waals surface area contributed by atoms with Gasteiger partial charge in [-0.1, -0.05) is 27.7 Å². The van der Waals surface area contributed by atoms with E-state index in [4.69, 9.17) is 4.42 Å². The highest BCUT2D eigenvalue weighted by Crippen LogP contribution is 2.29. The van der Waals surface area contributed by atoms with Gasteiger partial charge in [-0.3, -0.25) is 4.79 Å². The zero-order chi connectivity index (χ0) is 16.8. The Bertz CT molecular complexity index is 490. The summed E-state index contributed by atoms with van der Waals surface area (Å²) in [6.07, 6.45) is 4.74. The number of likely N-dealkylation sites (tertiary alicyclic amines) is 1. The van der Waals surface area contributed by atoms with Crippen molar-refractivity contribution in [2.24, 2.45) is 5.92 Å². The van der Waals surface area contributed by atoms with Gasteiger partial charge < -0.3 is 9.32 Å². The fraction of sp³-hybridized carbons (Fsp3) is 0.833. The number of aromatic nitrogens is 2. The van der Waals surface area contributed by atoms with Crippen molar-refractivity contribution in [3.05, 3.63) is 11.8 Å². The van der Waals surface area contributed by atoms with Gasteiger partial charge in [-0.25, -0.2) is 0 Å². The summed E-state index contributed by atoms with van der Waals surface area (Å²) in [5, 5.41) is 8.28. The molecule has 0 N–H and O–H groups in total. The maximum absolute atomic E-state index is 12.3. The van der Waals surface area contributed by atoms with Crippen molar-refractivity contribution in [1.82, 2.24) is 15.1 Å². The number of hydrogen-bond acceptors (Lipinski definition) is 5. The maximum atomic E-state index is 12.3. The van der Waals surface area contributed by atoms with Crippen LogP contribution in [0.4, 0.5) is 0 Å². The second-order valence-electron chi connectivity index (χ2n) is 7.38. The first-order valence-corrected chi connectivity index (χ1v) is 9.04. The van der Waals surface area contributed by atoms with E-state index in [1.807, 2.05) is 13.8 Å². The molecule has 1 atom stereocenters. The predicted octanol–water partition coefficient (Wildman–Crippen LogP) is 3.77. The third kappa shape index (κ3) is 5.41. The van der Waals surface area contributed by atoms with E-state index in [0.717, 1.165) is 13.0 Å². The second kappa shape index (κ2) is 8.57. The molecule has 1 saturated heterocycles. The number of ketones is 1. The van der Waals surface area contributed by atoms with E-state index in [0.29, 0.717) is 36.3 Å². The van der Waals surface area contributed by atoms with Gasteiger partial charge >= 0.3 is 0 Å². The highest BCUT2D eigenvalue weighted by Gasteiger charge is 2.25. The highest BCUT2D eigenvalue weighted by molar-refractivity contribution is 5.79. The lowest BCUT2D eigenvalue weighted by molar-refractivity contribution is -0.120. The standard InChI is InChI=1S/C18H31N3O2/c1-13(2)16(18-20-19-17(23-18)14(3)4)12-15(22)8-7-11-21-9-5-6-10-21/h13-14,16H,5-12H2,1-4H3. The molecule has 0 aliphatic carbocycles. The lowest BCUT2D eigenvalue weighted by Gasteiger charge is -2.17. The fourth-order valence-corrected chi connectivity index (χ4v) is 3.09. The molecule has 5 nitrogen and oxygen atoms in total. The average Bonchev–Trinajstić information content (AvgIpc) is 3.15. The van der Waals surface area contributed by atoms with Crippen LogP contribution in [-0.4, -0.2) is 40.5 Å². The lowest BCUT2D eigenvalue weighted by atomic mass is 9.89. The van der Waals surface area contributed by atoms with Gasteiger partial charge in [-0.2, -0.15) is 0 Å². The molecule has 1 aliphatic heterocycles. The molecule has 1 fully saturated rings. The topological polar surface area (TPSA) is 59.2 Å². The van der Waals surface area contributed by atoms with Crippen LogP contribution < -0.4 is 0 Å². The molecule has 2 rings (SSSR count). The number of carbonyl (C=O) groups excluding carboxylic acids is 1. The molecule has 0 bridgehead atoms. The normalized spacial score (nSPS) is 17.3. The van der Waals surface area contributed by atoms with Crippen LogP contribution in [0.1, 0.15) is 83.4 Å². The number of rotatable bonds is 9. The third-order valence-corrected chi connectivity index (χ3v) is 4.65. The van der Waals surface area contributed by atoms with Crippen molar-refractivity contribution >= 4 is 5.78 Å². The van der Waals surface area contributed by atoms with Gasteiger partial charge in [0.05, 0.1) is 0 Å². The fourth-order valence-electron chi connectivity index (χ4n) is 3.09. The minimum Gasteiger partial charge on any atom is -0.425 e. The van der Waals surface area contributed by atoms with Crippen molar-refractivity contribution in [3.63, 3.8) is 0 Å². The van der Waals surface area contributed by atoms with Crippen LogP contribution >= 0.6 is 0 Å². The molecular formula is C18H31N3O2. The van der Waals surface area contributed by atoms with Crippen LogP contribution in [0.5, 0.6) is 0 Å². The number of Topliss-reactive ketones (excluding diaryl/α,β-unsaturated/α-hetero) is 1. The molecule has 1 unspecified atom stereocenters. The number of carbonyl (C=O) groups is 1. The summed E-state index contributed by atoms with van der Waals surface area (Å²) in [4.78, 5) is 14.8. The molecule has 0 aromatic carbocycles. The van der Waals surface area contributed by atoms with Gasteiger partial charge in [0.25, 0.3) is 0 Å². The molecule has 1 aromatic heterocycles. The molecule has 5 heteroatoms. The van der Waals surface area contributed by atoms with Gasteiger partial charge in [0, 0.05) is 24.7 Å². The summed E-state index contributed by atoms with van der Waals surface area (Å²) in [5.74, 6) is 2.17. The second-order valence-corrected chi connectivity index (χ2v) is 7.38. The van der Waals surface area contributed by atoms with Crippen molar-refractivity contribution in [1.29, 1.82) is 0 Å². The molecule has 1 aromatic rings. The SMILES string of the molecule is CC(C)c1nnc(C(CC(=O)CCCN2CCCC2)C(C)C)o1. The molecule has 0 radical (unpaired) electrons. The molecule has 130 valence electrons. The number of nitrogens with zero attached hydrogens (tertiary/aromatic N) is 3. The zero-order valence-corrected chi connectivity index (χ0v) is 15.0. The lowest BCUT2D eigenvalue weighted by Crippen LogP contribution is -2.21. The van der Waals surface area contributed by atoms with Gasteiger partial charge in [-0.05, 0) is 44.8 Å². The summed E-state index contributed by atoms with van der Waals surface area (Å²) in [6.45, 7) is 11.7. The molecule has 1 aliphatic rings. The summed E-state index contributed by atoms with van der Waals surface area (Å²) in [7, 11) is 0. The Morgan fingerprint density at radius 1 is 1.13 bits per heavy atom. The van der Waals surface area contributed by atoms with Crippen LogP contribution in [0.25, 0.3) is 0 Å². The Balaban J connectivity index is 1.83. The summed E-state index contributed by atoms with van der Waals surface area (Å²) in [5.41, 5.74) is 0. The Hall–Kier alpha value is -1.23. The molecule has 0 saturated carbocycles. The largest absolute Gasteiger partial charge is 0.425 e. The van der Waals surface area contributed by atoms with Crippen molar-refractivity contribution in [3.8, 4) is 0 Å². The quantitative estimate of drug-likeness (QED) is 0.693. The molecule has 23 heavy (non-hydrogen) atoms. The van der Waals surface area contributed by atoms with E-state index < -0.39 is 0 Å². The van der Waals surface area contributed by atoms with E-state index in [1.165, 1.54) is 25.9 Å². The van der Waals surface area contributed by atoms with E-state index in [9.17, 15) is 4.79 Å². The van der Waals surface area contributed by atoms with Gasteiger partial charge in [-0.15, -0.1) is 10.2 Å². The minimum atomic E-state index is 0.0364. The van der Waals surface area contributed by atoms with Crippen LogP contribution in [0, 0.1) is 5.92 Å². The van der Waals surface area contributed by atoms with Gasteiger partial charge in [0.2, 0.25) is 11.8 Å². The Kier molecular flexibility index (Phi) is 6.75. The smallest absolute Gasteiger partial charge is 0.220 e. The monoisotopic (exact) mass is 321 g/mol. The summed E-state index contributed by atoms with van der Waals surface area (Å²) < 4.78 is 5.77. The molecule has 2 heterocycles. The first-order valence-electron chi connectivity index (χ1n) is 9.04.